The number of nitrogens with zero attached hydrogens (tertiary/aromatic N) is 1. The Morgan fingerprint density at radius 2 is 2.00 bits per heavy atom. The quantitative estimate of drug-likeness (QED) is 0.447. The van der Waals surface area contributed by atoms with Crippen molar-refractivity contribution in [1.82, 2.24) is 4.90 Å². The fourth-order valence-corrected chi connectivity index (χ4v) is 0.472. The summed E-state index contributed by atoms with van der Waals surface area (Å²) in [6.45, 7) is -0.0389. The van der Waals surface area contributed by atoms with E-state index in [4.69, 9.17) is 5.11 Å². The predicted molar refractivity (Wildman–Crippen MR) is 40.5 cm³/mol. The van der Waals surface area contributed by atoms with Gasteiger partial charge in [0, 0.05) is 19.2 Å². The van der Waals surface area contributed by atoms with Crippen molar-refractivity contribution in [3.05, 3.63) is 12.2 Å². The topological polar surface area (TPSA) is 74.7 Å². The van der Waals surface area contributed by atoms with Crippen LogP contribution < -0.4 is 0 Å². The van der Waals surface area contributed by atoms with Crippen molar-refractivity contribution in [2.24, 2.45) is 0 Å². The Hall–Kier alpha value is -1.65. The molecular weight excluding hydrogens is 162 g/mol. The van der Waals surface area contributed by atoms with Crippen LogP contribution in [0, 0.1) is 0 Å². The Kier molecular flexibility index (Phi) is 4.36. The molecule has 0 aliphatic carbocycles. The van der Waals surface area contributed by atoms with Gasteiger partial charge in [0.1, 0.15) is 6.29 Å². The summed E-state index contributed by atoms with van der Waals surface area (Å²) in [6.07, 6.45) is 2.18. The number of carbonyl (C=O) groups is 3. The minimum atomic E-state index is -1.19. The van der Waals surface area contributed by atoms with Gasteiger partial charge in [-0.1, -0.05) is 0 Å². The van der Waals surface area contributed by atoms with Crippen LogP contribution >= 0.6 is 0 Å². The van der Waals surface area contributed by atoms with E-state index in [0.29, 0.717) is 6.29 Å². The fraction of sp³-hybridized carbons (Fsp3) is 0.286. The average Bonchev–Trinajstić information content (AvgIpc) is 2.00. The number of rotatable bonds is 4. The minimum Gasteiger partial charge on any atom is -0.478 e. The van der Waals surface area contributed by atoms with Crippen LogP contribution in [0.2, 0.25) is 0 Å². The molecule has 0 spiro atoms. The molecule has 0 bridgehead atoms. The first kappa shape index (κ1) is 10.3. The maximum Gasteiger partial charge on any atom is 0.328 e. The van der Waals surface area contributed by atoms with E-state index in [1.165, 1.54) is 7.05 Å². The molecule has 0 aliphatic rings. The Balaban J connectivity index is 4.02. The molecule has 12 heavy (non-hydrogen) atoms. The predicted octanol–water partition coefficient (Wildman–Crippen LogP) is -0.716. The molecule has 0 aromatic rings. The molecule has 1 N–H and O–H groups in total. The highest BCUT2D eigenvalue weighted by Crippen LogP contribution is 1.84. The largest absolute Gasteiger partial charge is 0.478 e. The molecule has 1 amide bonds. The summed E-state index contributed by atoms with van der Waals surface area (Å²) in [6, 6.07) is 0. The van der Waals surface area contributed by atoms with Crippen LogP contribution in [0.4, 0.5) is 0 Å². The van der Waals surface area contributed by atoms with Gasteiger partial charge in [-0.2, -0.15) is 0 Å². The van der Waals surface area contributed by atoms with Crippen LogP contribution in [0.15, 0.2) is 12.2 Å². The SMILES string of the molecule is CN(CC=O)C(=O)/C=C\C(=O)O. The van der Waals surface area contributed by atoms with Gasteiger partial charge in [-0.25, -0.2) is 4.79 Å². The molecule has 0 aliphatic heterocycles. The van der Waals surface area contributed by atoms with Crippen LogP contribution in [0.3, 0.4) is 0 Å². The lowest BCUT2D eigenvalue weighted by Crippen LogP contribution is -2.26. The number of aliphatic carboxylic acids is 1. The standard InChI is InChI=1S/C7H9NO4/c1-8(4-5-9)6(10)2-3-7(11)12/h2-3,5H,4H2,1H3,(H,11,12)/b3-2-. The van der Waals surface area contributed by atoms with Gasteiger partial charge in [0.05, 0.1) is 6.54 Å². The van der Waals surface area contributed by atoms with Crippen LogP contribution in [-0.2, 0) is 14.4 Å². The van der Waals surface area contributed by atoms with Gasteiger partial charge >= 0.3 is 5.97 Å². The molecule has 0 saturated carbocycles. The van der Waals surface area contributed by atoms with E-state index in [2.05, 4.69) is 0 Å². The second-order valence-electron chi connectivity index (χ2n) is 2.06. The first-order valence-corrected chi connectivity index (χ1v) is 3.17. The van der Waals surface area contributed by atoms with Crippen LogP contribution in [0.1, 0.15) is 0 Å². The minimum absolute atomic E-state index is 0.0389. The Morgan fingerprint density at radius 3 is 2.42 bits per heavy atom. The van der Waals surface area contributed by atoms with E-state index in [1.54, 1.807) is 0 Å². The molecule has 0 heterocycles. The van der Waals surface area contributed by atoms with Crippen molar-refractivity contribution in [3.8, 4) is 0 Å². The molecule has 66 valence electrons. The molecule has 5 heteroatoms. The zero-order valence-corrected chi connectivity index (χ0v) is 6.56. The number of aldehydes is 1. The Labute approximate surface area is 69.3 Å². The molecule has 0 rings (SSSR count). The maximum absolute atomic E-state index is 10.9. The molecule has 5 nitrogen and oxygen atoms in total. The van der Waals surface area contributed by atoms with Crippen molar-refractivity contribution in [2.75, 3.05) is 13.6 Å². The van der Waals surface area contributed by atoms with E-state index < -0.39 is 11.9 Å². The lowest BCUT2D eigenvalue weighted by Gasteiger charge is -2.09. The number of hydrogen-bond acceptors (Lipinski definition) is 3. The summed E-state index contributed by atoms with van der Waals surface area (Å²) < 4.78 is 0. The van der Waals surface area contributed by atoms with Crippen molar-refractivity contribution >= 4 is 18.2 Å². The first-order valence-electron chi connectivity index (χ1n) is 3.17. The number of likely N-dealkylation sites (N-methyl/N-ethyl adjacent to an activating group) is 1. The summed E-state index contributed by atoms with van der Waals surface area (Å²) in [5, 5.41) is 8.15. The molecular formula is C7H9NO4. The normalized spacial score (nSPS) is 9.75. The Bertz CT molecular complexity index is 221. The number of amides is 1. The van der Waals surface area contributed by atoms with Gasteiger partial charge in [-0.3, -0.25) is 4.79 Å². The highest BCUT2D eigenvalue weighted by molar-refractivity contribution is 5.94. The molecule has 0 unspecified atom stereocenters. The van der Waals surface area contributed by atoms with Crippen LogP contribution in [0.25, 0.3) is 0 Å². The molecule has 0 fully saturated rings. The summed E-state index contributed by atoms with van der Waals surface area (Å²) in [5.41, 5.74) is 0. The van der Waals surface area contributed by atoms with Gasteiger partial charge in [0.25, 0.3) is 0 Å². The molecule has 0 aromatic carbocycles. The van der Waals surface area contributed by atoms with Crippen molar-refractivity contribution in [3.63, 3.8) is 0 Å². The number of carboxylic acids is 1. The van der Waals surface area contributed by atoms with Crippen LogP contribution in [-0.4, -0.2) is 41.8 Å². The molecule has 0 saturated heterocycles. The van der Waals surface area contributed by atoms with E-state index in [1.807, 2.05) is 0 Å². The van der Waals surface area contributed by atoms with E-state index in [-0.39, 0.29) is 6.54 Å². The molecule has 0 radical (unpaired) electrons. The Morgan fingerprint density at radius 1 is 1.42 bits per heavy atom. The summed E-state index contributed by atoms with van der Waals surface area (Å²) in [7, 11) is 1.41. The van der Waals surface area contributed by atoms with Gasteiger partial charge in [0.15, 0.2) is 0 Å². The zero-order valence-electron chi connectivity index (χ0n) is 6.56. The average molecular weight is 171 g/mol. The maximum atomic E-state index is 10.9. The third kappa shape index (κ3) is 4.21. The van der Waals surface area contributed by atoms with Crippen molar-refractivity contribution < 1.29 is 19.5 Å². The third-order valence-electron chi connectivity index (χ3n) is 1.09. The highest BCUT2D eigenvalue weighted by Gasteiger charge is 2.02. The smallest absolute Gasteiger partial charge is 0.328 e. The van der Waals surface area contributed by atoms with Gasteiger partial charge in [-0.15, -0.1) is 0 Å². The van der Waals surface area contributed by atoms with Crippen molar-refractivity contribution in [2.45, 2.75) is 0 Å². The third-order valence-corrected chi connectivity index (χ3v) is 1.09. The first-order chi connectivity index (χ1) is 5.57. The molecule has 0 atom stereocenters. The number of carbonyl (C=O) groups excluding carboxylic acids is 2. The van der Waals surface area contributed by atoms with E-state index in [0.717, 1.165) is 17.1 Å². The van der Waals surface area contributed by atoms with E-state index in [9.17, 15) is 14.4 Å². The second-order valence-corrected chi connectivity index (χ2v) is 2.06. The second kappa shape index (κ2) is 5.06. The van der Waals surface area contributed by atoms with Gasteiger partial charge in [-0.05, 0) is 0 Å². The van der Waals surface area contributed by atoms with Crippen LogP contribution in [0.5, 0.6) is 0 Å². The van der Waals surface area contributed by atoms with E-state index >= 15 is 0 Å². The van der Waals surface area contributed by atoms with Crippen molar-refractivity contribution in [1.29, 1.82) is 0 Å². The number of carboxylic acid groups (broad SMARTS) is 1. The summed E-state index contributed by atoms with van der Waals surface area (Å²) in [4.78, 5) is 31.8. The fourth-order valence-electron chi connectivity index (χ4n) is 0.472. The number of hydrogen-bond donors (Lipinski definition) is 1. The lowest BCUT2D eigenvalue weighted by atomic mass is 10.4. The summed E-state index contributed by atoms with van der Waals surface area (Å²) in [5.74, 6) is -1.70. The summed E-state index contributed by atoms with van der Waals surface area (Å²) >= 11 is 0. The lowest BCUT2D eigenvalue weighted by molar-refractivity contribution is -0.132. The van der Waals surface area contributed by atoms with Gasteiger partial charge in [0.2, 0.25) is 5.91 Å². The zero-order chi connectivity index (χ0) is 9.56. The monoisotopic (exact) mass is 171 g/mol. The highest BCUT2D eigenvalue weighted by atomic mass is 16.4. The van der Waals surface area contributed by atoms with Gasteiger partial charge < -0.3 is 14.8 Å². The molecule has 0 aromatic heterocycles.